The van der Waals surface area contributed by atoms with Crippen molar-refractivity contribution >= 4 is 44.0 Å². The summed E-state index contributed by atoms with van der Waals surface area (Å²) in [7, 11) is 0. The first kappa shape index (κ1) is 9.46. The van der Waals surface area contributed by atoms with E-state index in [2.05, 4.69) is 54.6 Å². The number of rotatable bonds is 1. The van der Waals surface area contributed by atoms with Crippen LogP contribution in [0.15, 0.2) is 18.2 Å². The van der Waals surface area contributed by atoms with Crippen molar-refractivity contribution in [3.05, 3.63) is 32.2 Å². The van der Waals surface area contributed by atoms with Gasteiger partial charge in [0.15, 0.2) is 0 Å². The van der Waals surface area contributed by atoms with Gasteiger partial charge in [-0.25, -0.2) is 0 Å². The molecular formula is C11H11IS. The van der Waals surface area contributed by atoms with Gasteiger partial charge < -0.3 is 0 Å². The topological polar surface area (TPSA) is 0 Å². The molecule has 0 fully saturated rings. The van der Waals surface area contributed by atoms with E-state index in [-0.39, 0.29) is 0 Å². The Labute approximate surface area is 96.1 Å². The molecule has 0 bridgehead atoms. The molecule has 0 unspecified atom stereocenters. The van der Waals surface area contributed by atoms with Crippen LogP contribution in [-0.4, -0.2) is 0 Å². The van der Waals surface area contributed by atoms with E-state index in [0.29, 0.717) is 0 Å². The lowest BCUT2D eigenvalue weighted by Gasteiger charge is -1.96. The highest BCUT2D eigenvalue weighted by atomic mass is 127. The second-order valence-corrected chi connectivity index (χ2v) is 5.99. The average Bonchev–Trinajstić information content (AvgIpc) is 2.43. The zero-order valence-electron chi connectivity index (χ0n) is 7.73. The molecule has 0 atom stereocenters. The Morgan fingerprint density at radius 3 is 2.85 bits per heavy atom. The van der Waals surface area contributed by atoms with Crippen LogP contribution in [0.3, 0.4) is 0 Å². The van der Waals surface area contributed by atoms with Crippen molar-refractivity contribution in [2.45, 2.75) is 20.3 Å². The van der Waals surface area contributed by atoms with Crippen LogP contribution >= 0.6 is 33.9 Å². The second kappa shape index (κ2) is 3.58. The van der Waals surface area contributed by atoms with Crippen LogP contribution in [0.5, 0.6) is 0 Å². The molecular weight excluding hydrogens is 291 g/mol. The van der Waals surface area contributed by atoms with Gasteiger partial charge in [0, 0.05) is 4.70 Å². The molecule has 0 nitrogen and oxygen atoms in total. The number of hydrogen-bond acceptors (Lipinski definition) is 1. The summed E-state index contributed by atoms with van der Waals surface area (Å²) in [5.41, 5.74) is 2.92. The maximum absolute atomic E-state index is 2.45. The maximum Gasteiger partial charge on any atom is 0.0697 e. The van der Waals surface area contributed by atoms with E-state index in [1.807, 2.05) is 11.3 Å². The number of aryl methyl sites for hydroxylation is 2. The van der Waals surface area contributed by atoms with Gasteiger partial charge in [0.25, 0.3) is 0 Å². The molecule has 0 aliphatic carbocycles. The van der Waals surface area contributed by atoms with Crippen molar-refractivity contribution in [2.75, 3.05) is 0 Å². The predicted octanol–water partition coefficient (Wildman–Crippen LogP) is 4.38. The van der Waals surface area contributed by atoms with Crippen LogP contribution in [-0.2, 0) is 6.42 Å². The molecule has 0 saturated heterocycles. The molecule has 2 aromatic rings. The first-order chi connectivity index (χ1) is 6.24. The summed E-state index contributed by atoms with van der Waals surface area (Å²) < 4.78 is 2.91. The molecule has 0 N–H and O–H groups in total. The lowest BCUT2D eigenvalue weighted by atomic mass is 10.1. The molecule has 0 spiro atoms. The van der Waals surface area contributed by atoms with Gasteiger partial charge in [-0.3, -0.25) is 0 Å². The predicted molar refractivity (Wildman–Crippen MR) is 68.7 cm³/mol. The van der Waals surface area contributed by atoms with Gasteiger partial charge in [-0.1, -0.05) is 25.1 Å². The van der Waals surface area contributed by atoms with Crippen molar-refractivity contribution in [1.29, 1.82) is 0 Å². The van der Waals surface area contributed by atoms with Crippen molar-refractivity contribution in [3.8, 4) is 0 Å². The van der Waals surface area contributed by atoms with E-state index in [4.69, 9.17) is 0 Å². The van der Waals surface area contributed by atoms with E-state index in [1.54, 1.807) is 0 Å². The molecule has 0 radical (unpaired) electrons. The van der Waals surface area contributed by atoms with Gasteiger partial charge in [0.1, 0.15) is 0 Å². The molecule has 13 heavy (non-hydrogen) atoms. The Morgan fingerprint density at radius 2 is 2.15 bits per heavy atom. The normalized spacial score (nSPS) is 11.0. The van der Waals surface area contributed by atoms with Crippen molar-refractivity contribution in [2.24, 2.45) is 0 Å². The first-order valence-corrected chi connectivity index (χ1v) is 6.30. The minimum absolute atomic E-state index is 1.14. The van der Waals surface area contributed by atoms with Gasteiger partial charge >= 0.3 is 0 Å². The van der Waals surface area contributed by atoms with E-state index in [9.17, 15) is 0 Å². The zero-order chi connectivity index (χ0) is 9.42. The van der Waals surface area contributed by atoms with E-state index < -0.39 is 0 Å². The fraction of sp³-hybridized carbons (Fsp3) is 0.273. The fourth-order valence-corrected chi connectivity index (χ4v) is 4.03. The molecule has 0 amide bonds. The van der Waals surface area contributed by atoms with Gasteiger partial charge in [0.2, 0.25) is 0 Å². The minimum atomic E-state index is 1.14. The summed E-state index contributed by atoms with van der Waals surface area (Å²) in [4.78, 5) is 0. The lowest BCUT2D eigenvalue weighted by Crippen LogP contribution is -1.79. The highest BCUT2D eigenvalue weighted by molar-refractivity contribution is 14.1. The third-order valence-electron chi connectivity index (χ3n) is 2.32. The monoisotopic (exact) mass is 302 g/mol. The summed E-state index contributed by atoms with van der Waals surface area (Å²) >= 11 is 4.37. The third kappa shape index (κ3) is 1.50. The molecule has 1 aromatic heterocycles. The first-order valence-electron chi connectivity index (χ1n) is 4.40. The largest absolute Gasteiger partial charge is 0.129 e. The summed E-state index contributed by atoms with van der Waals surface area (Å²) in [6, 6.07) is 6.58. The standard InChI is InChI=1S/C11H11IS/c1-3-8-9-6-4-5-7(2)10(9)13-11(8)12/h4-6H,3H2,1-2H3. The fourth-order valence-electron chi connectivity index (χ4n) is 1.61. The molecule has 1 heterocycles. The van der Waals surface area contributed by atoms with E-state index in [1.165, 1.54) is 24.1 Å². The van der Waals surface area contributed by atoms with Crippen LogP contribution in [0.2, 0.25) is 0 Å². The summed E-state index contributed by atoms with van der Waals surface area (Å²) in [6.07, 6.45) is 1.14. The van der Waals surface area contributed by atoms with Crippen LogP contribution in [0, 0.1) is 9.81 Å². The Morgan fingerprint density at radius 1 is 1.38 bits per heavy atom. The molecule has 0 aliphatic rings. The van der Waals surface area contributed by atoms with Gasteiger partial charge in [-0.15, -0.1) is 11.3 Å². The number of fused-ring (bicyclic) bond motifs is 1. The average molecular weight is 302 g/mol. The number of halogens is 1. The van der Waals surface area contributed by atoms with E-state index >= 15 is 0 Å². The van der Waals surface area contributed by atoms with Crippen molar-refractivity contribution in [3.63, 3.8) is 0 Å². The van der Waals surface area contributed by atoms with Gasteiger partial charge in [-0.2, -0.15) is 0 Å². The Kier molecular flexibility index (Phi) is 2.60. The number of benzene rings is 1. The molecule has 1 aromatic carbocycles. The number of hydrogen-bond donors (Lipinski definition) is 0. The highest BCUT2D eigenvalue weighted by Gasteiger charge is 2.08. The molecule has 0 saturated carbocycles. The van der Waals surface area contributed by atoms with Gasteiger partial charge in [-0.05, 0) is 52.4 Å². The van der Waals surface area contributed by atoms with Crippen LogP contribution < -0.4 is 0 Å². The third-order valence-corrected chi connectivity index (χ3v) is 4.80. The molecule has 68 valence electrons. The summed E-state index contributed by atoms with van der Waals surface area (Å²) in [6.45, 7) is 4.42. The summed E-state index contributed by atoms with van der Waals surface area (Å²) in [5.74, 6) is 0. The Bertz CT molecular complexity index is 443. The minimum Gasteiger partial charge on any atom is -0.129 e. The Balaban J connectivity index is 2.86. The van der Waals surface area contributed by atoms with Crippen LogP contribution in [0.1, 0.15) is 18.1 Å². The smallest absolute Gasteiger partial charge is 0.0697 e. The Hall–Kier alpha value is -0.0900. The maximum atomic E-state index is 2.45. The van der Waals surface area contributed by atoms with Crippen molar-refractivity contribution in [1.82, 2.24) is 0 Å². The highest BCUT2D eigenvalue weighted by Crippen LogP contribution is 2.34. The van der Waals surface area contributed by atoms with Crippen molar-refractivity contribution < 1.29 is 0 Å². The van der Waals surface area contributed by atoms with Gasteiger partial charge in [0.05, 0.1) is 2.88 Å². The zero-order valence-corrected chi connectivity index (χ0v) is 10.7. The van der Waals surface area contributed by atoms with Crippen LogP contribution in [0.25, 0.3) is 10.1 Å². The van der Waals surface area contributed by atoms with Crippen LogP contribution in [0.4, 0.5) is 0 Å². The number of thiophene rings is 1. The SMILES string of the molecule is CCc1c(I)sc2c(C)cccc12. The lowest BCUT2D eigenvalue weighted by molar-refractivity contribution is 1.16. The summed E-state index contributed by atoms with van der Waals surface area (Å²) in [5, 5.41) is 1.46. The molecule has 2 heteroatoms. The molecule has 2 rings (SSSR count). The van der Waals surface area contributed by atoms with E-state index in [0.717, 1.165) is 6.42 Å². The quantitative estimate of drug-likeness (QED) is 0.686. The molecule has 0 aliphatic heterocycles. The second-order valence-electron chi connectivity index (χ2n) is 3.16.